The zero-order valence-electron chi connectivity index (χ0n) is 13.1. The van der Waals surface area contributed by atoms with Crippen molar-refractivity contribution in [3.63, 3.8) is 0 Å². The maximum Gasteiger partial charge on any atom is 0.0238 e. The summed E-state index contributed by atoms with van der Waals surface area (Å²) in [6.07, 6.45) is 19.6. The van der Waals surface area contributed by atoms with Crippen LogP contribution in [0, 0.1) is 5.92 Å². The highest BCUT2D eigenvalue weighted by atomic mass is 15.2. The van der Waals surface area contributed by atoms with Gasteiger partial charge in [0.2, 0.25) is 0 Å². The van der Waals surface area contributed by atoms with E-state index in [1.54, 1.807) is 0 Å². The van der Waals surface area contributed by atoms with E-state index in [0.717, 1.165) is 5.92 Å². The molecule has 0 aromatic heterocycles. The number of hydrogen-bond acceptors (Lipinski definition) is 2. The Kier molecular flexibility index (Phi) is 10.5. The van der Waals surface area contributed by atoms with Crippen LogP contribution in [-0.2, 0) is 0 Å². The Bertz CT molecular complexity index is 186. The Labute approximate surface area is 120 Å². The zero-order valence-corrected chi connectivity index (χ0v) is 13.1. The Morgan fingerprint density at radius 1 is 0.895 bits per heavy atom. The smallest absolute Gasteiger partial charge is 0.0238 e. The van der Waals surface area contributed by atoms with Crippen molar-refractivity contribution < 1.29 is 0 Å². The van der Waals surface area contributed by atoms with Gasteiger partial charge in [-0.25, -0.2) is 0 Å². The van der Waals surface area contributed by atoms with E-state index in [1.807, 2.05) is 0 Å². The first-order valence-electron chi connectivity index (χ1n) is 8.84. The summed E-state index contributed by atoms with van der Waals surface area (Å²) < 4.78 is 0. The highest BCUT2D eigenvalue weighted by Crippen LogP contribution is 2.27. The van der Waals surface area contributed by atoms with Crippen molar-refractivity contribution in [1.82, 2.24) is 5.43 Å². The van der Waals surface area contributed by atoms with Crippen LogP contribution < -0.4 is 11.3 Å². The number of nitrogens with two attached hydrogens (primary N) is 1. The molecule has 0 aliphatic heterocycles. The maximum absolute atomic E-state index is 5.79. The quantitative estimate of drug-likeness (QED) is 0.255. The van der Waals surface area contributed by atoms with Crippen molar-refractivity contribution in [2.24, 2.45) is 11.8 Å². The summed E-state index contributed by atoms with van der Waals surface area (Å²) in [6.45, 7) is 2.28. The van der Waals surface area contributed by atoms with Crippen molar-refractivity contribution in [3.05, 3.63) is 0 Å². The lowest BCUT2D eigenvalue weighted by atomic mass is 9.89. The summed E-state index contributed by atoms with van der Waals surface area (Å²) >= 11 is 0. The number of rotatable bonds is 10. The zero-order chi connectivity index (χ0) is 13.8. The van der Waals surface area contributed by atoms with E-state index in [9.17, 15) is 0 Å². The minimum absolute atomic E-state index is 0.578. The molecule has 1 fully saturated rings. The van der Waals surface area contributed by atoms with Crippen LogP contribution >= 0.6 is 0 Å². The van der Waals surface area contributed by atoms with Crippen molar-refractivity contribution in [2.45, 2.75) is 103 Å². The number of hydrazine groups is 1. The van der Waals surface area contributed by atoms with Crippen molar-refractivity contribution in [3.8, 4) is 0 Å². The lowest BCUT2D eigenvalue weighted by Crippen LogP contribution is -2.40. The van der Waals surface area contributed by atoms with E-state index < -0.39 is 0 Å². The molecule has 0 amide bonds. The molecule has 0 aromatic rings. The third-order valence-electron chi connectivity index (χ3n) is 4.80. The average molecular weight is 268 g/mol. The Morgan fingerprint density at radius 3 is 2.05 bits per heavy atom. The Balaban J connectivity index is 2.07. The van der Waals surface area contributed by atoms with Gasteiger partial charge >= 0.3 is 0 Å². The molecule has 1 unspecified atom stereocenters. The van der Waals surface area contributed by atoms with Crippen LogP contribution in [0.15, 0.2) is 0 Å². The van der Waals surface area contributed by atoms with Crippen molar-refractivity contribution in [2.75, 3.05) is 0 Å². The molecule has 0 aromatic carbocycles. The van der Waals surface area contributed by atoms with Gasteiger partial charge < -0.3 is 0 Å². The lowest BCUT2D eigenvalue weighted by Gasteiger charge is -2.25. The molecule has 2 nitrogen and oxygen atoms in total. The van der Waals surface area contributed by atoms with Gasteiger partial charge in [0, 0.05) is 6.04 Å². The first kappa shape index (κ1) is 17.0. The van der Waals surface area contributed by atoms with E-state index in [1.165, 1.54) is 89.9 Å². The fraction of sp³-hybridized carbons (Fsp3) is 1.00. The molecule has 0 bridgehead atoms. The number of nitrogens with one attached hydrogen (secondary N) is 1. The summed E-state index contributed by atoms with van der Waals surface area (Å²) in [5, 5.41) is 0. The van der Waals surface area contributed by atoms with Crippen molar-refractivity contribution >= 4 is 0 Å². The molecule has 2 heteroatoms. The normalized spacial score (nSPS) is 19.3. The van der Waals surface area contributed by atoms with Crippen LogP contribution in [0.1, 0.15) is 96.8 Å². The largest absolute Gasteiger partial charge is 0.271 e. The third kappa shape index (κ3) is 7.94. The predicted molar refractivity (Wildman–Crippen MR) is 84.9 cm³/mol. The minimum Gasteiger partial charge on any atom is -0.271 e. The van der Waals surface area contributed by atoms with Gasteiger partial charge in [-0.05, 0) is 25.2 Å². The molecule has 19 heavy (non-hydrogen) atoms. The SMILES string of the molecule is CCCCCCCCCC(NN)C1CCCCCC1. The molecule has 1 aliphatic carbocycles. The molecular formula is C17H36N2. The predicted octanol–water partition coefficient (Wildman–Crippen LogP) is 4.93. The first-order valence-corrected chi connectivity index (χ1v) is 8.84. The molecule has 0 radical (unpaired) electrons. The molecule has 3 N–H and O–H groups in total. The monoisotopic (exact) mass is 268 g/mol. The van der Waals surface area contributed by atoms with E-state index in [2.05, 4.69) is 12.3 Å². The van der Waals surface area contributed by atoms with Crippen LogP contribution in [0.25, 0.3) is 0 Å². The summed E-state index contributed by atoms with van der Waals surface area (Å²) in [6, 6.07) is 0.578. The van der Waals surface area contributed by atoms with E-state index in [-0.39, 0.29) is 0 Å². The topological polar surface area (TPSA) is 38.0 Å². The second-order valence-electron chi connectivity index (χ2n) is 6.43. The molecule has 1 rings (SSSR count). The highest BCUT2D eigenvalue weighted by molar-refractivity contribution is 4.76. The van der Waals surface area contributed by atoms with Gasteiger partial charge in [0.1, 0.15) is 0 Å². The van der Waals surface area contributed by atoms with E-state index >= 15 is 0 Å². The summed E-state index contributed by atoms with van der Waals surface area (Å²) in [5.41, 5.74) is 3.11. The molecule has 0 heterocycles. The van der Waals surface area contributed by atoms with Crippen LogP contribution in [0.5, 0.6) is 0 Å². The molecule has 1 aliphatic rings. The third-order valence-corrected chi connectivity index (χ3v) is 4.80. The number of hydrogen-bond donors (Lipinski definition) is 2. The summed E-state index contributed by atoms with van der Waals surface area (Å²) in [4.78, 5) is 0. The molecule has 114 valence electrons. The highest BCUT2D eigenvalue weighted by Gasteiger charge is 2.21. The second kappa shape index (κ2) is 11.7. The van der Waals surface area contributed by atoms with Crippen LogP contribution in [0.3, 0.4) is 0 Å². The number of unbranched alkanes of at least 4 members (excludes halogenated alkanes) is 6. The van der Waals surface area contributed by atoms with E-state index in [0.29, 0.717) is 6.04 Å². The minimum atomic E-state index is 0.578. The fourth-order valence-corrected chi connectivity index (χ4v) is 3.49. The van der Waals surface area contributed by atoms with Gasteiger partial charge in [0.05, 0.1) is 0 Å². The van der Waals surface area contributed by atoms with Gasteiger partial charge in [-0.1, -0.05) is 77.6 Å². The van der Waals surface area contributed by atoms with Crippen LogP contribution in [0.2, 0.25) is 0 Å². The summed E-state index contributed by atoms with van der Waals surface area (Å²) in [7, 11) is 0. The van der Waals surface area contributed by atoms with Crippen LogP contribution in [0.4, 0.5) is 0 Å². The molecule has 1 saturated carbocycles. The van der Waals surface area contributed by atoms with Crippen molar-refractivity contribution in [1.29, 1.82) is 0 Å². The standard InChI is InChI=1S/C17H36N2/c1-2-3-4-5-6-7-12-15-17(19-18)16-13-10-8-9-11-14-16/h16-17,19H,2-15,18H2,1H3. The maximum atomic E-state index is 5.79. The molecule has 1 atom stereocenters. The van der Waals surface area contributed by atoms with Gasteiger partial charge in [-0.3, -0.25) is 11.3 Å². The lowest BCUT2D eigenvalue weighted by molar-refractivity contribution is 0.299. The molecule has 0 saturated heterocycles. The van der Waals surface area contributed by atoms with Gasteiger partial charge in [0.15, 0.2) is 0 Å². The van der Waals surface area contributed by atoms with Gasteiger partial charge in [0.25, 0.3) is 0 Å². The fourth-order valence-electron chi connectivity index (χ4n) is 3.49. The molecule has 0 spiro atoms. The van der Waals surface area contributed by atoms with E-state index in [4.69, 9.17) is 5.84 Å². The second-order valence-corrected chi connectivity index (χ2v) is 6.43. The first-order chi connectivity index (χ1) is 9.38. The molecular weight excluding hydrogens is 232 g/mol. The van der Waals surface area contributed by atoms with Gasteiger partial charge in [-0.15, -0.1) is 0 Å². The van der Waals surface area contributed by atoms with Gasteiger partial charge in [-0.2, -0.15) is 0 Å². The Hall–Kier alpha value is -0.0800. The summed E-state index contributed by atoms with van der Waals surface area (Å²) in [5.74, 6) is 6.63. The average Bonchev–Trinajstić information content (AvgIpc) is 2.71. The Morgan fingerprint density at radius 2 is 1.47 bits per heavy atom. The van der Waals surface area contributed by atoms with Crippen LogP contribution in [-0.4, -0.2) is 6.04 Å².